The molecule has 4 rings (SSSR count). The van der Waals surface area contributed by atoms with Crippen molar-refractivity contribution < 1.29 is 4.79 Å². The van der Waals surface area contributed by atoms with Gasteiger partial charge in [-0.05, 0) is 48.6 Å². The zero-order chi connectivity index (χ0) is 21.1. The van der Waals surface area contributed by atoms with Crippen molar-refractivity contribution in [2.24, 2.45) is 0 Å². The number of thioether (sulfide) groups is 1. The maximum atomic E-state index is 12.5. The maximum absolute atomic E-state index is 12.5. The first-order valence-electron chi connectivity index (χ1n) is 10.4. The largest absolute Gasteiger partial charge is 0.325 e. The molecule has 2 heterocycles. The van der Waals surface area contributed by atoms with Crippen LogP contribution in [0.15, 0.2) is 52.5 Å². The fourth-order valence-corrected chi connectivity index (χ4v) is 4.77. The molecule has 3 aromatic rings. The van der Waals surface area contributed by atoms with Crippen LogP contribution in [-0.4, -0.2) is 26.2 Å². The van der Waals surface area contributed by atoms with Crippen LogP contribution >= 0.6 is 11.8 Å². The lowest BCUT2D eigenvalue weighted by Gasteiger charge is -2.20. The number of anilines is 1. The van der Waals surface area contributed by atoms with E-state index in [2.05, 4.69) is 33.7 Å². The van der Waals surface area contributed by atoms with Crippen molar-refractivity contribution in [2.45, 2.75) is 56.6 Å². The second-order valence-electron chi connectivity index (χ2n) is 8.00. The number of rotatable bonds is 6. The predicted molar refractivity (Wildman–Crippen MR) is 121 cm³/mol. The van der Waals surface area contributed by atoms with Crippen molar-refractivity contribution in [1.82, 2.24) is 14.5 Å². The first-order valence-corrected chi connectivity index (χ1v) is 11.4. The smallest absolute Gasteiger partial charge is 0.283 e. The molecule has 0 aliphatic heterocycles. The number of pyridine rings is 1. The topological polar surface area (TPSA) is 76.9 Å². The van der Waals surface area contributed by atoms with Crippen LogP contribution in [0.5, 0.6) is 0 Å². The van der Waals surface area contributed by atoms with Crippen LogP contribution in [0.4, 0.5) is 5.69 Å². The summed E-state index contributed by atoms with van der Waals surface area (Å²) in [5.41, 5.74) is 2.37. The average Bonchev–Trinajstić information content (AvgIpc) is 3.27. The molecule has 0 saturated heterocycles. The second-order valence-corrected chi connectivity index (χ2v) is 8.94. The van der Waals surface area contributed by atoms with E-state index in [1.54, 1.807) is 18.3 Å². The molecule has 1 aliphatic rings. The van der Waals surface area contributed by atoms with Crippen molar-refractivity contribution in [3.63, 3.8) is 0 Å². The van der Waals surface area contributed by atoms with Crippen molar-refractivity contribution in [1.29, 1.82) is 0 Å². The van der Waals surface area contributed by atoms with Gasteiger partial charge in [0, 0.05) is 17.9 Å². The molecule has 0 unspecified atom stereocenters. The molecule has 0 radical (unpaired) electrons. The number of carbonyl (C=O) groups is 1. The average molecular weight is 423 g/mol. The lowest BCUT2D eigenvalue weighted by atomic mass is 10.0. The summed E-state index contributed by atoms with van der Waals surface area (Å²) in [6, 6.07) is 11.7. The number of fused-ring (bicyclic) bond motifs is 1. The van der Waals surface area contributed by atoms with Gasteiger partial charge in [0.1, 0.15) is 5.65 Å². The van der Waals surface area contributed by atoms with Crippen molar-refractivity contribution >= 4 is 34.4 Å². The lowest BCUT2D eigenvalue weighted by molar-refractivity contribution is -0.113. The molecule has 1 aliphatic carbocycles. The highest BCUT2D eigenvalue weighted by Gasteiger charge is 2.23. The molecule has 0 spiro atoms. The highest BCUT2D eigenvalue weighted by molar-refractivity contribution is 7.99. The Morgan fingerprint density at radius 3 is 2.63 bits per heavy atom. The van der Waals surface area contributed by atoms with Gasteiger partial charge < -0.3 is 9.88 Å². The summed E-state index contributed by atoms with van der Waals surface area (Å²) in [5, 5.41) is 4.03. The summed E-state index contributed by atoms with van der Waals surface area (Å²) < 4.78 is 2.07. The third-order valence-electron chi connectivity index (χ3n) is 5.53. The molecular weight excluding hydrogens is 396 g/mol. The Hall–Kier alpha value is -2.67. The zero-order valence-electron chi connectivity index (χ0n) is 17.3. The summed E-state index contributed by atoms with van der Waals surface area (Å²) in [7, 11) is 0. The van der Waals surface area contributed by atoms with Crippen molar-refractivity contribution in [3.05, 3.63) is 58.5 Å². The van der Waals surface area contributed by atoms with Crippen LogP contribution in [0.1, 0.15) is 57.1 Å². The second kappa shape index (κ2) is 9.00. The molecule has 6 nitrogen and oxygen atoms in total. The van der Waals surface area contributed by atoms with Gasteiger partial charge in [0.05, 0.1) is 11.1 Å². The SMILES string of the molecule is CC(C)c1ccc(NC(=O)CSc2nc(=O)c3cccnc3n2C2CCCC2)cc1. The minimum absolute atomic E-state index is 0.120. The highest BCUT2D eigenvalue weighted by Crippen LogP contribution is 2.34. The summed E-state index contributed by atoms with van der Waals surface area (Å²) in [5.74, 6) is 0.513. The third-order valence-corrected chi connectivity index (χ3v) is 6.48. The Labute approximate surface area is 180 Å². The fourth-order valence-electron chi connectivity index (χ4n) is 3.92. The van der Waals surface area contributed by atoms with Crippen LogP contribution in [0.25, 0.3) is 11.0 Å². The van der Waals surface area contributed by atoms with Crippen molar-refractivity contribution in [2.75, 3.05) is 11.1 Å². The maximum Gasteiger partial charge on any atom is 0.283 e. The number of nitrogens with zero attached hydrogens (tertiary/aromatic N) is 3. The van der Waals surface area contributed by atoms with Gasteiger partial charge in [-0.15, -0.1) is 0 Å². The Balaban J connectivity index is 1.54. The number of benzene rings is 1. The van der Waals surface area contributed by atoms with Gasteiger partial charge in [0.25, 0.3) is 5.56 Å². The number of carbonyl (C=O) groups excluding carboxylic acids is 1. The van der Waals surface area contributed by atoms with Crippen LogP contribution in [-0.2, 0) is 4.79 Å². The Morgan fingerprint density at radius 1 is 1.20 bits per heavy atom. The molecule has 156 valence electrons. The summed E-state index contributed by atoms with van der Waals surface area (Å²) in [6.45, 7) is 4.28. The van der Waals surface area contributed by atoms with E-state index in [9.17, 15) is 9.59 Å². The first-order chi connectivity index (χ1) is 14.5. The minimum atomic E-state index is -0.292. The summed E-state index contributed by atoms with van der Waals surface area (Å²) in [4.78, 5) is 33.8. The molecule has 1 amide bonds. The zero-order valence-corrected chi connectivity index (χ0v) is 18.1. The van der Waals surface area contributed by atoms with E-state index in [0.717, 1.165) is 31.4 Å². The van der Waals surface area contributed by atoms with Gasteiger partial charge >= 0.3 is 0 Å². The molecule has 1 saturated carbocycles. The van der Waals surface area contributed by atoms with Crippen LogP contribution in [0.2, 0.25) is 0 Å². The van der Waals surface area contributed by atoms with E-state index in [-0.39, 0.29) is 23.3 Å². The van der Waals surface area contributed by atoms with E-state index in [1.807, 2.05) is 24.3 Å². The summed E-state index contributed by atoms with van der Waals surface area (Å²) in [6.07, 6.45) is 6.09. The van der Waals surface area contributed by atoms with E-state index in [1.165, 1.54) is 17.3 Å². The normalized spacial score (nSPS) is 14.5. The van der Waals surface area contributed by atoms with Crippen molar-refractivity contribution in [3.8, 4) is 0 Å². The minimum Gasteiger partial charge on any atom is -0.325 e. The van der Waals surface area contributed by atoms with Crippen LogP contribution < -0.4 is 10.9 Å². The van der Waals surface area contributed by atoms with Gasteiger partial charge in [-0.2, -0.15) is 4.98 Å². The monoisotopic (exact) mass is 422 g/mol. The molecule has 1 aromatic carbocycles. The van der Waals surface area contributed by atoms with E-state index in [4.69, 9.17) is 0 Å². The number of amides is 1. The molecule has 7 heteroatoms. The van der Waals surface area contributed by atoms with E-state index in [0.29, 0.717) is 22.1 Å². The van der Waals surface area contributed by atoms with Crippen LogP contribution in [0.3, 0.4) is 0 Å². The molecule has 30 heavy (non-hydrogen) atoms. The quantitative estimate of drug-likeness (QED) is 0.458. The van der Waals surface area contributed by atoms with Gasteiger partial charge in [0.15, 0.2) is 5.16 Å². The Kier molecular flexibility index (Phi) is 6.18. The highest BCUT2D eigenvalue weighted by atomic mass is 32.2. The molecular formula is C23H26N4O2S. The van der Waals surface area contributed by atoms with Crippen LogP contribution in [0, 0.1) is 0 Å². The van der Waals surface area contributed by atoms with E-state index >= 15 is 0 Å². The number of hydrogen-bond donors (Lipinski definition) is 1. The molecule has 1 N–H and O–H groups in total. The van der Waals surface area contributed by atoms with Gasteiger partial charge in [-0.3, -0.25) is 9.59 Å². The lowest BCUT2D eigenvalue weighted by Crippen LogP contribution is -2.21. The molecule has 1 fully saturated rings. The Bertz CT molecular complexity index is 1100. The number of hydrogen-bond acceptors (Lipinski definition) is 5. The molecule has 0 bridgehead atoms. The van der Waals surface area contributed by atoms with Gasteiger partial charge in [-0.1, -0.05) is 50.6 Å². The fraction of sp³-hybridized carbons (Fsp3) is 0.391. The van der Waals surface area contributed by atoms with Gasteiger partial charge in [0.2, 0.25) is 5.91 Å². The molecule has 0 atom stereocenters. The van der Waals surface area contributed by atoms with E-state index < -0.39 is 0 Å². The predicted octanol–water partition coefficient (Wildman–Crippen LogP) is 4.76. The number of aromatic nitrogens is 3. The summed E-state index contributed by atoms with van der Waals surface area (Å²) >= 11 is 1.30. The molecule has 2 aromatic heterocycles. The standard InChI is InChI=1S/C23H26N4O2S/c1-15(2)16-9-11-17(12-10-16)25-20(28)14-30-23-26-22(29)19-8-5-13-24-21(19)27(23)18-6-3-4-7-18/h5,8-13,15,18H,3-4,6-7,14H2,1-2H3,(H,25,28). The first kappa shape index (κ1) is 20.6. The van der Waals surface area contributed by atoms with Gasteiger partial charge in [-0.25, -0.2) is 4.98 Å². The number of nitrogens with one attached hydrogen (secondary N) is 1. The third kappa shape index (κ3) is 4.41. The Morgan fingerprint density at radius 2 is 1.93 bits per heavy atom.